The molecule has 100 valence electrons. The molecule has 1 aromatic rings. The first-order valence-corrected chi connectivity index (χ1v) is 6.87. The van der Waals surface area contributed by atoms with Gasteiger partial charge in [-0.1, -0.05) is 25.8 Å². The Bertz CT molecular complexity index is 405. The third-order valence-corrected chi connectivity index (χ3v) is 4.38. The van der Waals surface area contributed by atoms with E-state index in [-0.39, 0.29) is 11.9 Å². The van der Waals surface area contributed by atoms with Crippen LogP contribution in [0.3, 0.4) is 0 Å². The Kier molecular flexibility index (Phi) is 4.36. The number of nitrogens with one attached hydrogen (secondary N) is 1. The second-order valence-electron chi connectivity index (χ2n) is 5.49. The Morgan fingerprint density at radius 1 is 1.44 bits per heavy atom. The van der Waals surface area contributed by atoms with Crippen LogP contribution in [0.25, 0.3) is 0 Å². The molecule has 3 heteroatoms. The van der Waals surface area contributed by atoms with Crippen LogP contribution >= 0.6 is 0 Å². The van der Waals surface area contributed by atoms with Crippen LogP contribution in [0.5, 0.6) is 0 Å². The number of hydrogen-bond acceptors (Lipinski definition) is 2. The molecule has 1 aromatic carbocycles. The lowest BCUT2D eigenvalue weighted by molar-refractivity contribution is 0.357. The van der Waals surface area contributed by atoms with Gasteiger partial charge in [0, 0.05) is 6.04 Å². The summed E-state index contributed by atoms with van der Waals surface area (Å²) in [6.45, 7) is 4.20. The molecule has 3 atom stereocenters. The van der Waals surface area contributed by atoms with Crippen LogP contribution in [0.2, 0.25) is 0 Å². The van der Waals surface area contributed by atoms with Crippen LogP contribution in [0.4, 0.5) is 4.39 Å². The molecule has 0 bridgehead atoms. The molecule has 0 amide bonds. The summed E-state index contributed by atoms with van der Waals surface area (Å²) in [4.78, 5) is 0. The molecule has 0 radical (unpaired) electrons. The van der Waals surface area contributed by atoms with Gasteiger partial charge in [0.15, 0.2) is 0 Å². The van der Waals surface area contributed by atoms with E-state index in [1.807, 2.05) is 13.0 Å². The van der Waals surface area contributed by atoms with Crippen LogP contribution in [0, 0.1) is 24.6 Å². The molecule has 18 heavy (non-hydrogen) atoms. The van der Waals surface area contributed by atoms with E-state index < -0.39 is 0 Å². The van der Waals surface area contributed by atoms with E-state index in [1.165, 1.54) is 31.7 Å². The van der Waals surface area contributed by atoms with Crippen molar-refractivity contribution in [1.29, 1.82) is 0 Å². The van der Waals surface area contributed by atoms with E-state index in [4.69, 9.17) is 5.84 Å². The van der Waals surface area contributed by atoms with Gasteiger partial charge >= 0.3 is 0 Å². The van der Waals surface area contributed by atoms with Gasteiger partial charge in [-0.15, -0.1) is 0 Å². The fraction of sp³-hybridized carbons (Fsp3) is 0.600. The molecule has 3 unspecified atom stereocenters. The summed E-state index contributed by atoms with van der Waals surface area (Å²) in [5.74, 6) is 6.96. The number of rotatable bonds is 4. The number of hydrazine groups is 1. The molecule has 2 nitrogen and oxygen atoms in total. The summed E-state index contributed by atoms with van der Waals surface area (Å²) in [6.07, 6.45) is 4.97. The maximum atomic E-state index is 13.2. The van der Waals surface area contributed by atoms with Crippen molar-refractivity contribution in [2.24, 2.45) is 17.7 Å². The number of nitrogens with two attached hydrogens (primary N) is 1. The van der Waals surface area contributed by atoms with Crippen LogP contribution in [-0.2, 0) is 0 Å². The van der Waals surface area contributed by atoms with Crippen LogP contribution in [0.1, 0.15) is 49.8 Å². The quantitative estimate of drug-likeness (QED) is 0.634. The molecule has 0 spiro atoms. The highest BCUT2D eigenvalue weighted by Gasteiger charge is 2.31. The molecule has 2 rings (SSSR count). The minimum Gasteiger partial charge on any atom is -0.271 e. The average molecular weight is 250 g/mol. The first kappa shape index (κ1) is 13.5. The minimum absolute atomic E-state index is 0.155. The zero-order chi connectivity index (χ0) is 13.1. The average Bonchev–Trinajstić information content (AvgIpc) is 2.81. The highest BCUT2D eigenvalue weighted by atomic mass is 19.1. The number of hydrogen-bond donors (Lipinski definition) is 2. The van der Waals surface area contributed by atoms with E-state index in [9.17, 15) is 4.39 Å². The molecular formula is C15H23FN2. The van der Waals surface area contributed by atoms with E-state index in [0.29, 0.717) is 5.92 Å². The third-order valence-electron chi connectivity index (χ3n) is 4.38. The zero-order valence-corrected chi connectivity index (χ0v) is 11.2. The van der Waals surface area contributed by atoms with Crippen molar-refractivity contribution < 1.29 is 4.39 Å². The first-order chi connectivity index (χ1) is 8.65. The maximum Gasteiger partial charge on any atom is 0.123 e. The van der Waals surface area contributed by atoms with Gasteiger partial charge in [0.25, 0.3) is 0 Å². The van der Waals surface area contributed by atoms with Gasteiger partial charge in [0.2, 0.25) is 0 Å². The Morgan fingerprint density at radius 2 is 2.22 bits per heavy atom. The zero-order valence-electron chi connectivity index (χ0n) is 11.2. The van der Waals surface area contributed by atoms with E-state index >= 15 is 0 Å². The molecule has 1 aliphatic rings. The molecule has 1 fully saturated rings. The Balaban J connectivity index is 2.18. The fourth-order valence-corrected chi connectivity index (χ4v) is 3.26. The van der Waals surface area contributed by atoms with Crippen LogP contribution in [0.15, 0.2) is 18.2 Å². The van der Waals surface area contributed by atoms with Crippen molar-refractivity contribution in [1.82, 2.24) is 5.43 Å². The summed E-state index contributed by atoms with van der Waals surface area (Å²) in [6, 6.07) is 5.14. The monoisotopic (exact) mass is 250 g/mol. The minimum atomic E-state index is -0.176. The van der Waals surface area contributed by atoms with Gasteiger partial charge in [-0.3, -0.25) is 11.3 Å². The number of halogens is 1. The molecule has 1 aliphatic carbocycles. The predicted octanol–water partition coefficient (Wildman–Crippen LogP) is 3.46. The summed E-state index contributed by atoms with van der Waals surface area (Å²) in [7, 11) is 0. The maximum absolute atomic E-state index is 13.2. The molecule has 0 aromatic heterocycles. The SMILES string of the molecule is CCC1CCC(C(NN)c2ccc(F)cc2C)C1. The van der Waals surface area contributed by atoms with Crippen LogP contribution in [-0.4, -0.2) is 0 Å². The standard InChI is InChI=1S/C15H23FN2/c1-3-11-4-5-12(9-11)15(18-17)14-7-6-13(16)8-10(14)2/h6-8,11-12,15,18H,3-5,9,17H2,1-2H3. The van der Waals surface area contributed by atoms with Gasteiger partial charge < -0.3 is 0 Å². The molecular weight excluding hydrogens is 227 g/mol. The lowest BCUT2D eigenvalue weighted by atomic mass is 9.88. The van der Waals surface area contributed by atoms with Crippen molar-refractivity contribution in [2.45, 2.75) is 45.6 Å². The van der Waals surface area contributed by atoms with Gasteiger partial charge in [0.1, 0.15) is 5.82 Å². The second kappa shape index (κ2) is 5.81. The molecule has 3 N–H and O–H groups in total. The normalized spacial score (nSPS) is 25.3. The topological polar surface area (TPSA) is 38.0 Å². The highest BCUT2D eigenvalue weighted by molar-refractivity contribution is 5.30. The van der Waals surface area contributed by atoms with E-state index in [0.717, 1.165) is 17.0 Å². The Hall–Kier alpha value is -0.930. The summed E-state index contributed by atoms with van der Waals surface area (Å²) < 4.78 is 13.2. The van der Waals surface area contributed by atoms with E-state index in [2.05, 4.69) is 12.3 Å². The second-order valence-corrected chi connectivity index (χ2v) is 5.49. The molecule has 1 saturated carbocycles. The van der Waals surface area contributed by atoms with Crippen molar-refractivity contribution >= 4 is 0 Å². The highest BCUT2D eigenvalue weighted by Crippen LogP contribution is 2.40. The van der Waals surface area contributed by atoms with Gasteiger partial charge in [-0.2, -0.15) is 0 Å². The first-order valence-electron chi connectivity index (χ1n) is 6.87. The molecule has 0 aliphatic heterocycles. The van der Waals surface area contributed by atoms with Crippen LogP contribution < -0.4 is 11.3 Å². The van der Waals surface area contributed by atoms with Gasteiger partial charge in [-0.05, 0) is 54.9 Å². The summed E-state index contributed by atoms with van der Waals surface area (Å²) >= 11 is 0. The molecule has 0 heterocycles. The molecule has 0 saturated heterocycles. The number of aryl methyl sites for hydroxylation is 1. The smallest absolute Gasteiger partial charge is 0.123 e. The predicted molar refractivity (Wildman–Crippen MR) is 72.3 cm³/mol. The Morgan fingerprint density at radius 3 is 2.78 bits per heavy atom. The third kappa shape index (κ3) is 2.73. The Labute approximate surface area is 109 Å². The van der Waals surface area contributed by atoms with E-state index in [1.54, 1.807) is 6.07 Å². The summed E-state index contributed by atoms with van der Waals surface area (Å²) in [5, 5.41) is 0. The van der Waals surface area contributed by atoms with Crippen molar-refractivity contribution in [3.05, 3.63) is 35.1 Å². The lowest BCUT2D eigenvalue weighted by Gasteiger charge is -2.25. The van der Waals surface area contributed by atoms with Crippen molar-refractivity contribution in [3.63, 3.8) is 0 Å². The summed E-state index contributed by atoms with van der Waals surface area (Å²) in [5.41, 5.74) is 5.07. The number of benzene rings is 1. The van der Waals surface area contributed by atoms with Crippen molar-refractivity contribution in [3.8, 4) is 0 Å². The largest absolute Gasteiger partial charge is 0.271 e. The van der Waals surface area contributed by atoms with Crippen molar-refractivity contribution in [2.75, 3.05) is 0 Å². The van der Waals surface area contributed by atoms with Gasteiger partial charge in [-0.25, -0.2) is 4.39 Å². The fourth-order valence-electron chi connectivity index (χ4n) is 3.26. The van der Waals surface area contributed by atoms with Gasteiger partial charge in [0.05, 0.1) is 0 Å². The lowest BCUT2D eigenvalue weighted by Crippen LogP contribution is -2.33.